The first-order chi connectivity index (χ1) is 43.9. The van der Waals surface area contributed by atoms with Crippen LogP contribution in [0.4, 0.5) is 0 Å². The number of carbonyl (C=O) groups excluding carboxylic acids is 4. The molecular weight excluding hydrogens is 1200 g/mol. The zero-order valence-electron chi connectivity index (χ0n) is 59.1. The smallest absolute Gasteiger partial charge is 0.462 e. The highest BCUT2D eigenvalue weighted by Gasteiger charge is 2.30. The lowest BCUT2D eigenvalue weighted by molar-refractivity contribution is -0.161. The molecule has 2 unspecified atom stereocenters. The monoisotopic (exact) mass is 1340 g/mol. The number of ether oxygens (including phenoxy) is 4. The van der Waals surface area contributed by atoms with E-state index in [9.17, 15) is 43.2 Å². The van der Waals surface area contributed by atoms with Gasteiger partial charge in [-0.1, -0.05) is 318 Å². The third kappa shape index (κ3) is 66.5. The Kier molecular flexibility index (Phi) is 62.7. The van der Waals surface area contributed by atoms with Crippen LogP contribution in [0, 0.1) is 11.8 Å². The van der Waals surface area contributed by atoms with Crippen molar-refractivity contribution < 1.29 is 80.2 Å². The largest absolute Gasteiger partial charge is 0.472 e. The van der Waals surface area contributed by atoms with Crippen molar-refractivity contribution in [2.24, 2.45) is 11.8 Å². The topological polar surface area (TPSA) is 237 Å². The van der Waals surface area contributed by atoms with Gasteiger partial charge in [-0.15, -0.1) is 0 Å². The van der Waals surface area contributed by atoms with Crippen LogP contribution in [0.2, 0.25) is 0 Å². The summed E-state index contributed by atoms with van der Waals surface area (Å²) in [4.78, 5) is 72.3. The Morgan fingerprint density at radius 3 is 0.747 bits per heavy atom. The van der Waals surface area contributed by atoms with Crippen molar-refractivity contribution in [3.63, 3.8) is 0 Å². The first-order valence-corrected chi connectivity index (χ1v) is 40.5. The summed E-state index contributed by atoms with van der Waals surface area (Å²) in [6.07, 6.45) is 50.3. The summed E-state index contributed by atoms with van der Waals surface area (Å²) in [5, 5.41) is 10.6. The number of phosphoric ester groups is 2. The van der Waals surface area contributed by atoms with Gasteiger partial charge in [-0.2, -0.15) is 0 Å². The average Bonchev–Trinajstić information content (AvgIpc) is 3.72. The highest BCUT2D eigenvalue weighted by atomic mass is 31.2. The molecular formula is C72H140O17P2. The van der Waals surface area contributed by atoms with E-state index in [1.807, 2.05) is 0 Å². The van der Waals surface area contributed by atoms with Crippen LogP contribution in [0.15, 0.2) is 0 Å². The third-order valence-electron chi connectivity index (χ3n) is 16.7. The minimum atomic E-state index is -4.95. The number of aliphatic hydroxyl groups is 1. The molecule has 0 aliphatic heterocycles. The molecule has 0 rings (SSSR count). The van der Waals surface area contributed by atoms with Gasteiger partial charge >= 0.3 is 39.5 Å². The number of aliphatic hydroxyl groups excluding tert-OH is 1. The lowest BCUT2D eigenvalue weighted by Gasteiger charge is -2.21. The van der Waals surface area contributed by atoms with Crippen LogP contribution in [-0.4, -0.2) is 96.7 Å². The van der Waals surface area contributed by atoms with Gasteiger partial charge in [0.15, 0.2) is 12.2 Å². The predicted molar refractivity (Wildman–Crippen MR) is 368 cm³/mol. The van der Waals surface area contributed by atoms with E-state index in [4.69, 9.17) is 37.0 Å². The van der Waals surface area contributed by atoms with Gasteiger partial charge in [0, 0.05) is 25.7 Å². The van der Waals surface area contributed by atoms with E-state index < -0.39 is 97.5 Å². The normalized spacial score (nSPS) is 14.1. The lowest BCUT2D eigenvalue weighted by Crippen LogP contribution is -2.30. The minimum Gasteiger partial charge on any atom is -0.462 e. The fourth-order valence-corrected chi connectivity index (χ4v) is 12.5. The number of hydrogen-bond donors (Lipinski definition) is 3. The summed E-state index contributed by atoms with van der Waals surface area (Å²) in [6, 6.07) is 0. The van der Waals surface area contributed by atoms with Gasteiger partial charge in [0.2, 0.25) is 0 Å². The van der Waals surface area contributed by atoms with Crippen LogP contribution >= 0.6 is 15.6 Å². The molecule has 91 heavy (non-hydrogen) atoms. The quantitative estimate of drug-likeness (QED) is 0.0222. The zero-order valence-corrected chi connectivity index (χ0v) is 60.9. The molecule has 0 aromatic rings. The van der Waals surface area contributed by atoms with Crippen LogP contribution in [0.5, 0.6) is 0 Å². The van der Waals surface area contributed by atoms with E-state index in [1.54, 1.807) is 0 Å². The molecule has 19 heteroatoms. The summed E-state index contributed by atoms with van der Waals surface area (Å²) in [5.74, 6) is -0.540. The second-order valence-corrected chi connectivity index (χ2v) is 29.8. The van der Waals surface area contributed by atoms with Crippen molar-refractivity contribution in [2.45, 2.75) is 387 Å². The number of rotatable bonds is 71. The number of carbonyl (C=O) groups is 4. The molecule has 5 atom stereocenters. The van der Waals surface area contributed by atoms with Crippen LogP contribution < -0.4 is 0 Å². The molecule has 0 saturated heterocycles. The van der Waals surface area contributed by atoms with Crippen LogP contribution in [-0.2, 0) is 65.4 Å². The number of phosphoric acid groups is 2. The molecule has 0 heterocycles. The van der Waals surface area contributed by atoms with Crippen molar-refractivity contribution >= 4 is 39.5 Å². The Hall–Kier alpha value is -1.94. The first kappa shape index (κ1) is 89.1. The third-order valence-corrected chi connectivity index (χ3v) is 18.6. The Morgan fingerprint density at radius 1 is 0.297 bits per heavy atom. The standard InChI is InChI=1S/C72H140O17P2/c1-7-9-11-13-14-15-16-27-33-38-44-50-56-71(76)88-67(60-82-69(74)54-48-40-12-10-8-2)62-86-90(78,79)84-58-66(73)59-85-91(80,81)87-63-68(61-83-70(75)55-49-43-37-32-28-24-23-26-31-36-42-47-53-65(5)6)89-72(77)57-51-45-39-34-29-22-20-18-17-19-21-25-30-35-41-46-52-64(3)4/h64-68,73H,7-63H2,1-6H3,(H,78,79)(H,80,81)/t66-,67+,68+/m0/s1. The molecule has 17 nitrogen and oxygen atoms in total. The van der Waals surface area contributed by atoms with Gasteiger partial charge in [-0.05, 0) is 37.5 Å². The van der Waals surface area contributed by atoms with Crippen molar-refractivity contribution in [3.8, 4) is 0 Å². The molecule has 0 aromatic carbocycles. The maximum atomic E-state index is 13.0. The molecule has 3 N–H and O–H groups in total. The molecule has 0 aliphatic rings. The van der Waals surface area contributed by atoms with Gasteiger partial charge in [0.25, 0.3) is 0 Å². The van der Waals surface area contributed by atoms with Crippen molar-refractivity contribution in [1.29, 1.82) is 0 Å². The second-order valence-electron chi connectivity index (χ2n) is 26.9. The van der Waals surface area contributed by atoms with Crippen LogP contribution in [0.1, 0.15) is 369 Å². The SMILES string of the molecule is CCCCCCCCCCCCCCC(=O)O[C@H](COC(=O)CCCCCCC)COP(=O)(O)OC[C@H](O)COP(=O)(O)OC[C@@H](COC(=O)CCCCCCCCCCCCCCC(C)C)OC(=O)CCCCCCCCCCCCCCCCCCC(C)C. The fraction of sp³-hybridized carbons (Fsp3) is 0.944. The number of esters is 4. The van der Waals surface area contributed by atoms with E-state index in [1.165, 1.54) is 180 Å². The summed E-state index contributed by atoms with van der Waals surface area (Å²) in [6.45, 7) is 9.52. The molecule has 0 saturated carbocycles. The Morgan fingerprint density at radius 2 is 0.505 bits per heavy atom. The Bertz CT molecular complexity index is 1770. The molecule has 0 radical (unpaired) electrons. The van der Waals surface area contributed by atoms with E-state index >= 15 is 0 Å². The Labute approximate surface area is 556 Å². The van der Waals surface area contributed by atoms with E-state index in [-0.39, 0.29) is 25.7 Å². The summed E-state index contributed by atoms with van der Waals surface area (Å²) in [5.41, 5.74) is 0. The highest BCUT2D eigenvalue weighted by Crippen LogP contribution is 2.45. The van der Waals surface area contributed by atoms with Gasteiger partial charge in [0.1, 0.15) is 19.3 Å². The Balaban J connectivity index is 5.15. The van der Waals surface area contributed by atoms with Crippen molar-refractivity contribution in [1.82, 2.24) is 0 Å². The molecule has 0 bridgehead atoms. The maximum Gasteiger partial charge on any atom is 0.472 e. The summed E-state index contributed by atoms with van der Waals surface area (Å²) < 4.78 is 68.1. The summed E-state index contributed by atoms with van der Waals surface area (Å²) in [7, 11) is -9.89. The highest BCUT2D eigenvalue weighted by molar-refractivity contribution is 7.47. The van der Waals surface area contributed by atoms with Crippen LogP contribution in [0.3, 0.4) is 0 Å². The predicted octanol–water partition coefficient (Wildman–Crippen LogP) is 20.8. The fourth-order valence-electron chi connectivity index (χ4n) is 10.9. The second kappa shape index (κ2) is 64.1. The van der Waals surface area contributed by atoms with Crippen molar-refractivity contribution in [2.75, 3.05) is 39.6 Å². The average molecular weight is 1340 g/mol. The molecule has 0 spiro atoms. The molecule has 540 valence electrons. The zero-order chi connectivity index (χ0) is 67.2. The lowest BCUT2D eigenvalue weighted by atomic mass is 10.0. The van der Waals surface area contributed by atoms with E-state index in [0.29, 0.717) is 25.7 Å². The molecule has 0 aliphatic carbocycles. The molecule has 0 fully saturated rings. The van der Waals surface area contributed by atoms with E-state index in [2.05, 4.69) is 41.5 Å². The molecule has 0 aromatic heterocycles. The van der Waals surface area contributed by atoms with Gasteiger partial charge < -0.3 is 33.8 Å². The van der Waals surface area contributed by atoms with Gasteiger partial charge in [-0.3, -0.25) is 37.3 Å². The van der Waals surface area contributed by atoms with Crippen LogP contribution in [0.25, 0.3) is 0 Å². The number of unbranched alkanes of at least 4 members (excludes halogenated alkanes) is 41. The molecule has 0 amide bonds. The summed E-state index contributed by atoms with van der Waals surface area (Å²) >= 11 is 0. The maximum absolute atomic E-state index is 13.0. The van der Waals surface area contributed by atoms with Gasteiger partial charge in [0.05, 0.1) is 26.4 Å². The van der Waals surface area contributed by atoms with Gasteiger partial charge in [-0.25, -0.2) is 9.13 Å². The number of hydrogen-bond acceptors (Lipinski definition) is 15. The minimum absolute atomic E-state index is 0.106. The van der Waals surface area contributed by atoms with Crippen molar-refractivity contribution in [3.05, 3.63) is 0 Å². The first-order valence-electron chi connectivity index (χ1n) is 37.5. The van der Waals surface area contributed by atoms with E-state index in [0.717, 1.165) is 108 Å².